The fourth-order valence-electron chi connectivity index (χ4n) is 1.80. The first-order chi connectivity index (χ1) is 9.47. The second-order valence-electron chi connectivity index (χ2n) is 4.51. The van der Waals surface area contributed by atoms with Crippen LogP contribution in [0.15, 0.2) is 36.4 Å². The number of hydrogen-bond acceptors (Lipinski definition) is 2. The number of ether oxygens (including phenoxy) is 1. The fraction of sp³-hybridized carbons (Fsp3) is 0.200. The molecule has 0 heterocycles. The first-order valence-corrected chi connectivity index (χ1v) is 6.47. The molecule has 0 saturated carbocycles. The molecule has 0 fully saturated rings. The van der Waals surface area contributed by atoms with E-state index in [4.69, 9.17) is 22.1 Å². The van der Waals surface area contributed by atoms with Gasteiger partial charge in [-0.15, -0.1) is 0 Å². The zero-order chi connectivity index (χ0) is 14.7. The van der Waals surface area contributed by atoms with Crippen LogP contribution in [0.3, 0.4) is 0 Å². The first-order valence-electron chi connectivity index (χ1n) is 6.09. The Bertz CT molecular complexity index is 617. The minimum atomic E-state index is -0.488. The summed E-state index contributed by atoms with van der Waals surface area (Å²) < 4.78 is 31.9. The SMILES string of the molecule is C[C@@H](N)c1ccc(F)cc1OCc1ccc(F)c(Cl)c1. The van der Waals surface area contributed by atoms with Crippen LogP contribution in [-0.4, -0.2) is 0 Å². The van der Waals surface area contributed by atoms with E-state index in [0.29, 0.717) is 16.9 Å². The molecule has 106 valence electrons. The lowest BCUT2D eigenvalue weighted by atomic mass is 10.1. The number of rotatable bonds is 4. The quantitative estimate of drug-likeness (QED) is 0.917. The van der Waals surface area contributed by atoms with Crippen molar-refractivity contribution in [3.8, 4) is 5.75 Å². The van der Waals surface area contributed by atoms with Crippen molar-refractivity contribution in [1.82, 2.24) is 0 Å². The van der Waals surface area contributed by atoms with E-state index in [9.17, 15) is 8.78 Å². The van der Waals surface area contributed by atoms with Crippen molar-refractivity contribution in [2.24, 2.45) is 5.73 Å². The molecule has 0 unspecified atom stereocenters. The third-order valence-electron chi connectivity index (χ3n) is 2.84. The molecule has 0 saturated heterocycles. The first kappa shape index (κ1) is 14.8. The monoisotopic (exact) mass is 297 g/mol. The van der Waals surface area contributed by atoms with Crippen LogP contribution in [0.25, 0.3) is 0 Å². The molecular weight excluding hydrogens is 284 g/mol. The summed E-state index contributed by atoms with van der Waals surface area (Å²) in [6.45, 7) is 1.94. The standard InChI is InChI=1S/C15H14ClF2NO/c1-9(19)12-4-3-11(17)7-15(12)20-8-10-2-5-14(18)13(16)6-10/h2-7,9H,8,19H2,1H3/t9-/m1/s1. The minimum absolute atomic E-state index is 0.0257. The Kier molecular flexibility index (Phi) is 4.57. The van der Waals surface area contributed by atoms with Crippen molar-refractivity contribution in [1.29, 1.82) is 0 Å². The molecule has 20 heavy (non-hydrogen) atoms. The van der Waals surface area contributed by atoms with Crippen LogP contribution in [0.4, 0.5) is 8.78 Å². The van der Waals surface area contributed by atoms with E-state index < -0.39 is 11.6 Å². The van der Waals surface area contributed by atoms with Gasteiger partial charge in [-0.2, -0.15) is 0 Å². The molecule has 2 aromatic rings. The Morgan fingerprint density at radius 1 is 1.20 bits per heavy atom. The second kappa shape index (κ2) is 6.20. The highest BCUT2D eigenvalue weighted by molar-refractivity contribution is 6.30. The van der Waals surface area contributed by atoms with E-state index in [0.717, 1.165) is 0 Å². The van der Waals surface area contributed by atoms with Crippen molar-refractivity contribution in [2.75, 3.05) is 0 Å². The average Bonchev–Trinajstić information content (AvgIpc) is 2.40. The normalized spacial score (nSPS) is 12.2. The summed E-state index contributed by atoms with van der Waals surface area (Å²) in [5.74, 6) is -0.514. The van der Waals surface area contributed by atoms with E-state index in [1.807, 2.05) is 0 Å². The van der Waals surface area contributed by atoms with E-state index in [-0.39, 0.29) is 17.7 Å². The van der Waals surface area contributed by atoms with Crippen molar-refractivity contribution in [2.45, 2.75) is 19.6 Å². The molecule has 2 rings (SSSR count). The summed E-state index contributed by atoms with van der Waals surface area (Å²) in [6, 6.07) is 8.23. The van der Waals surface area contributed by atoms with Gasteiger partial charge >= 0.3 is 0 Å². The van der Waals surface area contributed by atoms with E-state index in [2.05, 4.69) is 0 Å². The molecule has 0 aromatic heterocycles. The third kappa shape index (κ3) is 3.46. The van der Waals surface area contributed by atoms with Crippen molar-refractivity contribution < 1.29 is 13.5 Å². The molecule has 0 aliphatic heterocycles. The molecule has 0 aliphatic rings. The van der Waals surface area contributed by atoms with Gasteiger partial charge in [-0.1, -0.05) is 23.7 Å². The van der Waals surface area contributed by atoms with Crippen molar-refractivity contribution in [3.63, 3.8) is 0 Å². The highest BCUT2D eigenvalue weighted by Crippen LogP contribution is 2.26. The summed E-state index contributed by atoms with van der Waals surface area (Å²) in [5.41, 5.74) is 7.20. The third-order valence-corrected chi connectivity index (χ3v) is 3.13. The van der Waals surface area contributed by atoms with Crippen LogP contribution in [0, 0.1) is 11.6 Å². The maximum atomic E-state index is 13.3. The Morgan fingerprint density at radius 2 is 1.95 bits per heavy atom. The van der Waals surface area contributed by atoms with Gasteiger partial charge in [0, 0.05) is 17.7 Å². The summed E-state index contributed by atoms with van der Waals surface area (Å²) in [4.78, 5) is 0. The summed E-state index contributed by atoms with van der Waals surface area (Å²) >= 11 is 5.69. The van der Waals surface area contributed by atoms with Gasteiger partial charge in [-0.25, -0.2) is 8.78 Å². The van der Waals surface area contributed by atoms with Gasteiger partial charge in [0.25, 0.3) is 0 Å². The highest BCUT2D eigenvalue weighted by atomic mass is 35.5. The van der Waals surface area contributed by atoms with Gasteiger partial charge in [0.05, 0.1) is 5.02 Å². The lowest BCUT2D eigenvalue weighted by Gasteiger charge is -2.14. The number of benzene rings is 2. The molecule has 2 nitrogen and oxygen atoms in total. The fourth-order valence-corrected chi connectivity index (χ4v) is 2.00. The molecule has 0 amide bonds. The lowest BCUT2D eigenvalue weighted by molar-refractivity contribution is 0.299. The maximum Gasteiger partial charge on any atom is 0.141 e. The number of nitrogens with two attached hydrogens (primary N) is 1. The molecule has 1 atom stereocenters. The van der Waals surface area contributed by atoms with Crippen LogP contribution < -0.4 is 10.5 Å². The van der Waals surface area contributed by atoms with Crippen LogP contribution in [0.2, 0.25) is 5.02 Å². The van der Waals surface area contributed by atoms with Gasteiger partial charge in [0.2, 0.25) is 0 Å². The van der Waals surface area contributed by atoms with Gasteiger partial charge in [-0.3, -0.25) is 0 Å². The van der Waals surface area contributed by atoms with Gasteiger partial charge in [0.15, 0.2) is 0 Å². The predicted octanol–water partition coefficient (Wildman–Crippen LogP) is 4.22. The molecule has 2 N–H and O–H groups in total. The maximum absolute atomic E-state index is 13.3. The summed E-state index contributed by atoms with van der Waals surface area (Å²) in [7, 11) is 0. The Balaban J connectivity index is 2.17. The topological polar surface area (TPSA) is 35.2 Å². The molecule has 2 aromatic carbocycles. The zero-order valence-electron chi connectivity index (χ0n) is 10.9. The lowest BCUT2D eigenvalue weighted by Crippen LogP contribution is -2.08. The molecule has 5 heteroatoms. The highest BCUT2D eigenvalue weighted by Gasteiger charge is 2.10. The van der Waals surface area contributed by atoms with Crippen LogP contribution in [0.1, 0.15) is 24.1 Å². The molecule has 0 bridgehead atoms. The van der Waals surface area contributed by atoms with Crippen LogP contribution in [0.5, 0.6) is 5.75 Å². The molecular formula is C15H14ClF2NO. The van der Waals surface area contributed by atoms with E-state index >= 15 is 0 Å². The molecule has 0 spiro atoms. The van der Waals surface area contributed by atoms with E-state index in [1.165, 1.54) is 24.3 Å². The van der Waals surface area contributed by atoms with E-state index in [1.54, 1.807) is 19.1 Å². The average molecular weight is 298 g/mol. The van der Waals surface area contributed by atoms with Crippen molar-refractivity contribution in [3.05, 3.63) is 64.2 Å². The largest absolute Gasteiger partial charge is 0.488 e. The Labute approximate surface area is 121 Å². The minimum Gasteiger partial charge on any atom is -0.488 e. The zero-order valence-corrected chi connectivity index (χ0v) is 11.6. The van der Waals surface area contributed by atoms with Gasteiger partial charge in [0.1, 0.15) is 24.0 Å². The predicted molar refractivity (Wildman–Crippen MR) is 74.7 cm³/mol. The van der Waals surface area contributed by atoms with Crippen molar-refractivity contribution >= 4 is 11.6 Å². The molecule has 0 aliphatic carbocycles. The van der Waals surface area contributed by atoms with Crippen LogP contribution >= 0.6 is 11.6 Å². The van der Waals surface area contributed by atoms with Gasteiger partial charge < -0.3 is 10.5 Å². The number of halogens is 3. The Hall–Kier alpha value is -1.65. The smallest absolute Gasteiger partial charge is 0.141 e. The number of hydrogen-bond donors (Lipinski definition) is 1. The summed E-state index contributed by atoms with van der Waals surface area (Å²) in [5, 5.41) is 0.0257. The summed E-state index contributed by atoms with van der Waals surface area (Å²) in [6.07, 6.45) is 0. The second-order valence-corrected chi connectivity index (χ2v) is 4.92. The Morgan fingerprint density at radius 3 is 2.60 bits per heavy atom. The van der Waals surface area contributed by atoms with Crippen LogP contribution in [-0.2, 0) is 6.61 Å². The van der Waals surface area contributed by atoms with Gasteiger partial charge in [-0.05, 0) is 30.7 Å². The molecule has 0 radical (unpaired) electrons.